The number of aromatic hydroxyl groups is 11. The van der Waals surface area contributed by atoms with Crippen LogP contribution >= 0.6 is 0 Å². The Kier molecular flexibility index (Phi) is 11.4. The van der Waals surface area contributed by atoms with E-state index in [0.717, 1.165) is 42.5 Å². The van der Waals surface area contributed by atoms with Gasteiger partial charge < -0.3 is 85.3 Å². The summed E-state index contributed by atoms with van der Waals surface area (Å²) in [6, 6.07) is 8.19. The number of carboxylic acid groups (broad SMARTS) is 2. The molecule has 338 valence electrons. The Bertz CT molecular complexity index is 2840. The summed E-state index contributed by atoms with van der Waals surface area (Å²) in [4.78, 5) is 66.7. The molecule has 0 aromatic heterocycles. The van der Waals surface area contributed by atoms with Gasteiger partial charge in [-0.15, -0.1) is 0 Å². The largest absolute Gasteiger partial charge is 0.508 e. The molecule has 22 nitrogen and oxygen atoms in total. The van der Waals surface area contributed by atoms with Gasteiger partial charge in [0.25, 0.3) is 0 Å². The SMILES string of the molecule is O=C(O)CC(c1cc(C2Oc3cc(O)cc(O)c3C[C@H]2OC(=O)c2cc(O)c(O)c(O)c2)cc(=O)c(O)c1C(=O)O)[C@H]1Oc2cc(O)cc(O)c2C[C@H]1OC(=O)c1cc(O)c(O)c(O)c1. The summed E-state index contributed by atoms with van der Waals surface area (Å²) in [6.45, 7) is 0. The molecule has 0 spiro atoms. The first kappa shape index (κ1) is 44.1. The van der Waals surface area contributed by atoms with Gasteiger partial charge in [-0.3, -0.25) is 9.59 Å². The Morgan fingerprint density at radius 2 is 1.03 bits per heavy atom. The second-order valence-electron chi connectivity index (χ2n) is 14.9. The first-order valence-corrected chi connectivity index (χ1v) is 18.8. The number of hydrogen-bond donors (Lipinski definition) is 13. The topological polar surface area (TPSA) is 385 Å². The average molecular weight is 903 g/mol. The standard InChI is InChI=1S/C43H34O22/c44-17-7-23(46)21-11-32(64-42(60)15-3-25(48)36(55)26(49)4-15)39(62-30(21)9-17)14-1-19(35(41(58)59)38(57)29(52)2-14)20(13-34(53)54)40-33(12-22-24(47)8-18(45)10-31(22)63-40)65-43(61)16-5-27(50)37(56)28(51)6-16/h1-10,20,32-33,39-40,44-51,55-56H,11-13H2,(H,52,57)(H,53,54)(H,58,59)/t20?,32-,33-,39?,40-/m1/s1. The van der Waals surface area contributed by atoms with E-state index in [2.05, 4.69) is 0 Å². The predicted octanol–water partition coefficient (Wildman–Crippen LogP) is 3.20. The zero-order chi connectivity index (χ0) is 47.3. The molecule has 0 saturated heterocycles. The fourth-order valence-corrected chi connectivity index (χ4v) is 7.65. The molecule has 2 aliphatic heterocycles. The number of esters is 2. The summed E-state index contributed by atoms with van der Waals surface area (Å²) in [6.07, 6.45) is -9.34. The molecule has 5 aromatic rings. The van der Waals surface area contributed by atoms with Crippen LogP contribution in [0.15, 0.2) is 65.5 Å². The van der Waals surface area contributed by atoms with Crippen LogP contribution in [-0.2, 0) is 27.1 Å². The van der Waals surface area contributed by atoms with Gasteiger partial charge >= 0.3 is 23.9 Å². The molecular weight excluding hydrogens is 868 g/mol. The molecule has 13 N–H and O–H groups in total. The lowest BCUT2D eigenvalue weighted by atomic mass is 9.81. The van der Waals surface area contributed by atoms with Gasteiger partial charge in [-0.05, 0) is 35.9 Å². The number of carbonyl (C=O) groups excluding carboxylic acids is 2. The van der Waals surface area contributed by atoms with Crippen molar-refractivity contribution in [3.8, 4) is 74.7 Å². The molecule has 0 saturated carbocycles. The zero-order valence-corrected chi connectivity index (χ0v) is 32.8. The lowest BCUT2D eigenvalue weighted by molar-refractivity contribution is -0.138. The van der Waals surface area contributed by atoms with Crippen LogP contribution in [0.5, 0.6) is 74.7 Å². The first-order chi connectivity index (χ1) is 30.6. The summed E-state index contributed by atoms with van der Waals surface area (Å²) in [5.41, 5.74) is -5.14. The van der Waals surface area contributed by atoms with E-state index in [1.807, 2.05) is 0 Å². The second kappa shape index (κ2) is 16.7. The van der Waals surface area contributed by atoms with Crippen LogP contribution < -0.4 is 14.9 Å². The molecule has 2 heterocycles. The minimum atomic E-state index is -2.01. The van der Waals surface area contributed by atoms with E-state index in [1.165, 1.54) is 0 Å². The quantitative estimate of drug-likeness (QED) is 0.0706. The van der Waals surface area contributed by atoms with Gasteiger partial charge in [-0.2, -0.15) is 0 Å². The van der Waals surface area contributed by atoms with Crippen LogP contribution in [0.1, 0.15) is 71.8 Å². The number of rotatable bonds is 10. The zero-order valence-electron chi connectivity index (χ0n) is 32.8. The molecule has 0 amide bonds. The third-order valence-electron chi connectivity index (χ3n) is 10.6. The number of ether oxygens (including phenoxy) is 4. The van der Waals surface area contributed by atoms with Crippen molar-refractivity contribution >= 4 is 23.9 Å². The fraction of sp³-hybridized carbons (Fsp3) is 0.186. The van der Waals surface area contributed by atoms with Gasteiger partial charge in [-0.25, -0.2) is 14.4 Å². The van der Waals surface area contributed by atoms with Crippen molar-refractivity contribution in [1.29, 1.82) is 0 Å². The van der Waals surface area contributed by atoms with E-state index in [0.29, 0.717) is 18.2 Å². The van der Waals surface area contributed by atoms with Crippen molar-refractivity contribution in [1.82, 2.24) is 0 Å². The van der Waals surface area contributed by atoms with E-state index < -0.39 is 170 Å². The molecule has 2 aliphatic rings. The molecular formula is C43H34O22. The first-order valence-electron chi connectivity index (χ1n) is 18.8. The lowest BCUT2D eigenvalue weighted by Crippen LogP contribution is -2.45. The molecule has 7 rings (SSSR count). The molecule has 5 aromatic carbocycles. The van der Waals surface area contributed by atoms with Crippen molar-refractivity contribution in [2.45, 2.75) is 49.6 Å². The number of hydrogen-bond acceptors (Lipinski definition) is 20. The maximum absolute atomic E-state index is 13.7. The summed E-state index contributed by atoms with van der Waals surface area (Å²) >= 11 is 0. The Morgan fingerprint density at radius 3 is 1.51 bits per heavy atom. The Balaban J connectivity index is 1.42. The summed E-state index contributed by atoms with van der Waals surface area (Å²) in [5.74, 6) is -18.4. The van der Waals surface area contributed by atoms with Crippen LogP contribution in [0, 0.1) is 0 Å². The van der Waals surface area contributed by atoms with Crippen molar-refractivity contribution in [3.05, 3.63) is 110 Å². The molecule has 0 fully saturated rings. The lowest BCUT2D eigenvalue weighted by Gasteiger charge is -2.38. The summed E-state index contributed by atoms with van der Waals surface area (Å²) in [5, 5.41) is 134. The number of aromatic carboxylic acids is 1. The fourth-order valence-electron chi connectivity index (χ4n) is 7.65. The Labute approximate surface area is 362 Å². The summed E-state index contributed by atoms with van der Waals surface area (Å²) in [7, 11) is 0. The minimum Gasteiger partial charge on any atom is -0.508 e. The second-order valence-corrected chi connectivity index (χ2v) is 14.9. The van der Waals surface area contributed by atoms with E-state index in [9.17, 15) is 90.4 Å². The monoisotopic (exact) mass is 902 g/mol. The maximum Gasteiger partial charge on any atom is 0.339 e. The van der Waals surface area contributed by atoms with Gasteiger partial charge in [0.2, 0.25) is 5.43 Å². The van der Waals surface area contributed by atoms with E-state index in [1.54, 1.807) is 0 Å². The number of carboxylic acids is 2. The van der Waals surface area contributed by atoms with Gasteiger partial charge in [-0.1, -0.05) is 6.07 Å². The molecule has 0 radical (unpaired) electrons. The highest BCUT2D eigenvalue weighted by molar-refractivity contribution is 5.94. The number of phenols is 10. The Morgan fingerprint density at radius 1 is 0.569 bits per heavy atom. The highest BCUT2D eigenvalue weighted by Crippen LogP contribution is 2.47. The van der Waals surface area contributed by atoms with Gasteiger partial charge in [0, 0.05) is 59.7 Å². The average Bonchev–Trinajstić information content (AvgIpc) is 3.35. The number of phenolic OH excluding ortho intramolecular Hbond substituents is 10. The van der Waals surface area contributed by atoms with Crippen LogP contribution in [-0.4, -0.2) is 109 Å². The van der Waals surface area contributed by atoms with Crippen molar-refractivity contribution in [2.75, 3.05) is 0 Å². The number of benzene rings is 4. The number of aliphatic carboxylic acids is 1. The van der Waals surface area contributed by atoms with Crippen molar-refractivity contribution in [3.63, 3.8) is 0 Å². The third kappa shape index (κ3) is 8.49. The van der Waals surface area contributed by atoms with E-state index in [-0.39, 0.29) is 22.6 Å². The van der Waals surface area contributed by atoms with Crippen molar-refractivity contribution < 1.29 is 105 Å². The normalized spacial score (nSPS) is 17.8. The van der Waals surface area contributed by atoms with Crippen LogP contribution in [0.3, 0.4) is 0 Å². The minimum absolute atomic E-state index is 0.0744. The molecule has 2 unspecified atom stereocenters. The molecule has 5 atom stereocenters. The van der Waals surface area contributed by atoms with Gasteiger partial charge in [0.05, 0.1) is 17.5 Å². The van der Waals surface area contributed by atoms with Gasteiger partial charge in [0.1, 0.15) is 58.4 Å². The highest BCUT2D eigenvalue weighted by atomic mass is 16.6. The number of fused-ring (bicyclic) bond motifs is 2. The van der Waals surface area contributed by atoms with Crippen LogP contribution in [0.2, 0.25) is 0 Å². The summed E-state index contributed by atoms with van der Waals surface area (Å²) < 4.78 is 23.6. The number of carbonyl (C=O) groups is 4. The smallest absolute Gasteiger partial charge is 0.339 e. The molecule has 0 bridgehead atoms. The highest BCUT2D eigenvalue weighted by Gasteiger charge is 2.45. The van der Waals surface area contributed by atoms with Crippen LogP contribution in [0.4, 0.5) is 0 Å². The van der Waals surface area contributed by atoms with Crippen molar-refractivity contribution in [2.24, 2.45) is 0 Å². The molecule has 22 heteroatoms. The Hall–Kier alpha value is -8.95. The molecule has 0 aliphatic carbocycles. The van der Waals surface area contributed by atoms with Crippen LogP contribution in [0.25, 0.3) is 0 Å². The maximum atomic E-state index is 13.7. The van der Waals surface area contributed by atoms with E-state index in [4.69, 9.17) is 18.9 Å². The third-order valence-corrected chi connectivity index (χ3v) is 10.6. The van der Waals surface area contributed by atoms with E-state index >= 15 is 0 Å². The predicted molar refractivity (Wildman–Crippen MR) is 212 cm³/mol. The molecule has 65 heavy (non-hydrogen) atoms. The van der Waals surface area contributed by atoms with Gasteiger partial charge in [0.15, 0.2) is 46.4 Å².